The predicted molar refractivity (Wildman–Crippen MR) is 86.5 cm³/mol. The van der Waals surface area contributed by atoms with E-state index in [1.165, 1.54) is 10.8 Å². The van der Waals surface area contributed by atoms with Crippen LogP contribution in [0.1, 0.15) is 25.0 Å². The van der Waals surface area contributed by atoms with E-state index < -0.39 is 48.3 Å². The molecule has 1 aliphatic rings. The van der Waals surface area contributed by atoms with Crippen LogP contribution >= 0.6 is 28.6 Å². The zero-order chi connectivity index (χ0) is 18.1. The van der Waals surface area contributed by atoms with Gasteiger partial charge in [-0.2, -0.15) is 0 Å². The summed E-state index contributed by atoms with van der Waals surface area (Å²) in [5, 5.41) is 20.1. The van der Waals surface area contributed by atoms with Gasteiger partial charge in [0.05, 0.1) is 12.2 Å². The maximum atomic E-state index is 12.0. The largest absolute Gasteiger partial charge is 0.387 e. The molecule has 0 saturated carbocycles. The van der Waals surface area contributed by atoms with Crippen LogP contribution in [0.4, 0.5) is 0 Å². The molecule has 2 rings (SSSR count). The normalized spacial score (nSPS) is 27.5. The second-order valence-corrected chi connectivity index (χ2v) is 9.60. The molecule has 0 amide bonds. The van der Waals surface area contributed by atoms with E-state index in [4.69, 9.17) is 27.2 Å². The van der Waals surface area contributed by atoms with Gasteiger partial charge in [0.25, 0.3) is 5.56 Å². The Hall–Kier alpha value is -0.670. The standard InChI is InChI=1S/C12H17Cl2N2O7P/c1-2-3-16-4-6(11(19)15-12(16)20)10-9(18)8(17)7(23-10)5-22-24(13,14)21/h4,7-10,17-18H,2-3,5H2,1H3,(H,15,19,20). The van der Waals surface area contributed by atoms with Crippen molar-refractivity contribution < 1.29 is 24.0 Å². The number of rotatable bonds is 6. The van der Waals surface area contributed by atoms with Gasteiger partial charge in [0, 0.05) is 12.7 Å². The molecule has 0 bridgehead atoms. The van der Waals surface area contributed by atoms with E-state index in [1.54, 1.807) is 0 Å². The van der Waals surface area contributed by atoms with E-state index in [2.05, 4.69) is 9.51 Å². The van der Waals surface area contributed by atoms with Crippen LogP contribution in [0.15, 0.2) is 15.8 Å². The van der Waals surface area contributed by atoms with Gasteiger partial charge in [-0.05, 0) is 28.9 Å². The zero-order valence-electron chi connectivity index (χ0n) is 12.6. The highest BCUT2D eigenvalue weighted by Crippen LogP contribution is 2.57. The smallest absolute Gasteiger partial charge is 0.380 e. The summed E-state index contributed by atoms with van der Waals surface area (Å²) in [7, 11) is 0. The van der Waals surface area contributed by atoms with E-state index in [-0.39, 0.29) is 5.56 Å². The number of nitrogens with zero attached hydrogens (tertiary/aromatic N) is 1. The maximum absolute atomic E-state index is 12.0. The first kappa shape index (κ1) is 19.7. The molecule has 12 heteroatoms. The van der Waals surface area contributed by atoms with Crippen LogP contribution in [0, 0.1) is 0 Å². The lowest BCUT2D eigenvalue weighted by atomic mass is 10.0. The number of aliphatic hydroxyl groups is 2. The Kier molecular flexibility index (Phi) is 6.30. The Morgan fingerprint density at radius 2 is 2.04 bits per heavy atom. The first-order valence-corrected chi connectivity index (χ1v) is 10.6. The topological polar surface area (TPSA) is 131 Å². The summed E-state index contributed by atoms with van der Waals surface area (Å²) in [5.74, 6) is 0. The summed E-state index contributed by atoms with van der Waals surface area (Å²) < 4.78 is 22.5. The minimum absolute atomic E-state index is 0.0166. The highest BCUT2D eigenvalue weighted by molar-refractivity contribution is 8.05. The fraction of sp³-hybridized carbons (Fsp3) is 0.667. The lowest BCUT2D eigenvalue weighted by molar-refractivity contribution is -0.0159. The monoisotopic (exact) mass is 402 g/mol. The summed E-state index contributed by atoms with van der Waals surface area (Å²) in [6.07, 6.45) is -7.05. The van der Waals surface area contributed by atoms with Crippen LogP contribution in [-0.4, -0.2) is 44.7 Å². The van der Waals surface area contributed by atoms with Crippen molar-refractivity contribution in [3.63, 3.8) is 0 Å². The van der Waals surface area contributed by atoms with E-state index in [0.717, 1.165) is 0 Å². The van der Waals surface area contributed by atoms with Crippen molar-refractivity contribution in [3.8, 4) is 0 Å². The van der Waals surface area contributed by atoms with Gasteiger partial charge in [-0.1, -0.05) is 6.92 Å². The van der Waals surface area contributed by atoms with Crippen molar-refractivity contribution in [3.05, 3.63) is 32.6 Å². The molecule has 0 spiro atoms. The number of aliphatic hydroxyl groups excluding tert-OH is 2. The molecule has 1 aliphatic heterocycles. The van der Waals surface area contributed by atoms with E-state index in [0.29, 0.717) is 13.0 Å². The summed E-state index contributed by atoms with van der Waals surface area (Å²) in [4.78, 5) is 25.8. The van der Waals surface area contributed by atoms with Gasteiger partial charge >= 0.3 is 11.8 Å². The molecule has 1 aromatic rings. The molecule has 0 aliphatic carbocycles. The molecular formula is C12H17Cl2N2O7P. The number of hydrogen-bond donors (Lipinski definition) is 3. The number of aromatic amines is 1. The second-order valence-electron chi connectivity index (χ2n) is 5.32. The number of hydrogen-bond acceptors (Lipinski definition) is 7. The quantitative estimate of drug-likeness (QED) is 0.597. The first-order valence-electron chi connectivity index (χ1n) is 7.13. The summed E-state index contributed by atoms with van der Waals surface area (Å²) >= 11 is 10.5. The molecule has 3 N–H and O–H groups in total. The van der Waals surface area contributed by atoms with Crippen LogP contribution in [0.2, 0.25) is 0 Å². The minimum atomic E-state index is -3.83. The zero-order valence-corrected chi connectivity index (χ0v) is 15.0. The molecule has 0 aromatic carbocycles. The third kappa shape index (κ3) is 4.49. The van der Waals surface area contributed by atoms with Crippen LogP contribution in [0.25, 0.3) is 0 Å². The van der Waals surface area contributed by atoms with Crippen molar-refractivity contribution in [1.82, 2.24) is 9.55 Å². The average Bonchev–Trinajstić information content (AvgIpc) is 2.75. The Morgan fingerprint density at radius 1 is 1.38 bits per heavy atom. The number of aromatic nitrogens is 2. The predicted octanol–water partition coefficient (Wildman–Crippen LogP) is 0.711. The lowest BCUT2D eigenvalue weighted by Gasteiger charge is -2.15. The minimum Gasteiger partial charge on any atom is -0.387 e. The second kappa shape index (κ2) is 7.70. The highest BCUT2D eigenvalue weighted by atomic mass is 35.9. The molecule has 24 heavy (non-hydrogen) atoms. The Labute approximate surface area is 146 Å². The number of halogens is 2. The molecule has 136 valence electrons. The van der Waals surface area contributed by atoms with E-state index >= 15 is 0 Å². The van der Waals surface area contributed by atoms with Gasteiger partial charge in [-0.3, -0.25) is 14.3 Å². The molecule has 0 radical (unpaired) electrons. The van der Waals surface area contributed by atoms with Crippen LogP contribution in [0.5, 0.6) is 0 Å². The van der Waals surface area contributed by atoms with Crippen molar-refractivity contribution in [1.29, 1.82) is 0 Å². The Bertz CT molecular complexity index is 746. The number of H-pyrrole nitrogens is 1. The van der Waals surface area contributed by atoms with Crippen LogP contribution in [0.3, 0.4) is 0 Å². The Morgan fingerprint density at radius 3 is 2.62 bits per heavy atom. The summed E-state index contributed by atoms with van der Waals surface area (Å²) in [5.41, 5.74) is -1.33. The van der Waals surface area contributed by atoms with Crippen molar-refractivity contribution in [2.45, 2.75) is 44.3 Å². The average molecular weight is 403 g/mol. The number of ether oxygens (including phenoxy) is 1. The van der Waals surface area contributed by atoms with Crippen LogP contribution in [-0.2, 0) is 20.4 Å². The number of nitrogens with one attached hydrogen (secondary N) is 1. The van der Waals surface area contributed by atoms with E-state index in [9.17, 15) is 24.4 Å². The van der Waals surface area contributed by atoms with Crippen molar-refractivity contribution in [2.24, 2.45) is 0 Å². The lowest BCUT2D eigenvalue weighted by Crippen LogP contribution is -2.36. The van der Waals surface area contributed by atoms with Gasteiger partial charge in [0.2, 0.25) is 0 Å². The highest BCUT2D eigenvalue weighted by Gasteiger charge is 2.45. The molecular weight excluding hydrogens is 386 g/mol. The Balaban J connectivity index is 2.26. The molecule has 4 atom stereocenters. The summed E-state index contributed by atoms with van der Waals surface area (Å²) in [6, 6.07) is 0. The fourth-order valence-corrected chi connectivity index (χ4v) is 3.10. The van der Waals surface area contributed by atoms with Crippen molar-refractivity contribution in [2.75, 3.05) is 6.61 Å². The van der Waals surface area contributed by atoms with E-state index in [1.807, 2.05) is 6.92 Å². The number of aryl methyl sites for hydroxylation is 1. The summed E-state index contributed by atoms with van der Waals surface area (Å²) in [6.45, 7) is 1.78. The fourth-order valence-electron chi connectivity index (χ4n) is 2.44. The molecule has 2 heterocycles. The molecule has 1 fully saturated rings. The van der Waals surface area contributed by atoms with Crippen LogP contribution < -0.4 is 11.2 Å². The maximum Gasteiger partial charge on any atom is 0.380 e. The van der Waals surface area contributed by atoms with Gasteiger partial charge < -0.3 is 24.0 Å². The third-order valence-corrected chi connectivity index (χ3v) is 4.60. The van der Waals surface area contributed by atoms with Gasteiger partial charge in [-0.15, -0.1) is 0 Å². The molecule has 1 saturated heterocycles. The molecule has 9 nitrogen and oxygen atoms in total. The third-order valence-electron chi connectivity index (χ3n) is 3.56. The van der Waals surface area contributed by atoms with Gasteiger partial charge in [0.1, 0.15) is 24.4 Å². The first-order chi connectivity index (χ1) is 11.1. The van der Waals surface area contributed by atoms with Gasteiger partial charge in [-0.25, -0.2) is 4.79 Å². The molecule has 4 unspecified atom stereocenters. The SMILES string of the molecule is CCCn1cc(C2OC(COP(=O)(Cl)Cl)C(O)C2O)c(=O)[nH]c1=O. The van der Waals surface area contributed by atoms with Gasteiger partial charge in [0.15, 0.2) is 0 Å². The molecule has 1 aromatic heterocycles. The van der Waals surface area contributed by atoms with Crippen molar-refractivity contribution >= 4 is 28.6 Å².